The van der Waals surface area contributed by atoms with Crippen LogP contribution in [0.4, 0.5) is 0 Å². The van der Waals surface area contributed by atoms with Gasteiger partial charge in [0.2, 0.25) is 15.8 Å². The van der Waals surface area contributed by atoms with Crippen LogP contribution in [0.25, 0.3) is 0 Å². The molecule has 6 nitrogen and oxygen atoms in total. The Labute approximate surface area is 192 Å². The first kappa shape index (κ1) is 23.9. The maximum Gasteiger partial charge on any atom is 0.309 e. The van der Waals surface area contributed by atoms with E-state index in [0.29, 0.717) is 22.1 Å². The Bertz CT molecular complexity index is 1050. The van der Waals surface area contributed by atoms with E-state index in [1.807, 2.05) is 12.1 Å². The molecule has 0 amide bonds. The molecule has 0 aliphatic carbocycles. The summed E-state index contributed by atoms with van der Waals surface area (Å²) in [6.45, 7) is 6.35. The smallest absolute Gasteiger partial charge is 0.309 e. The fraction of sp³-hybridized carbons (Fsp3) is 0.455. The summed E-state index contributed by atoms with van der Waals surface area (Å²) in [6, 6.07) is 10.2. The topological polar surface area (TPSA) is 80.8 Å². The van der Waals surface area contributed by atoms with E-state index in [2.05, 4.69) is 20.8 Å². The number of carbonyl (C=O) groups excluding carboxylic acids is 2. The molecule has 0 radical (unpaired) electrons. The number of ketones is 1. The van der Waals surface area contributed by atoms with Gasteiger partial charge < -0.3 is 4.74 Å². The highest BCUT2D eigenvalue weighted by molar-refractivity contribution is 7.89. The largest absolute Gasteiger partial charge is 0.457 e. The Morgan fingerprint density at radius 3 is 2.23 bits per heavy atom. The number of hydrogen-bond donors (Lipinski definition) is 0. The summed E-state index contributed by atoms with van der Waals surface area (Å²) in [5.41, 5.74) is 1.00. The highest BCUT2D eigenvalue weighted by atomic mass is 35.5. The quantitative estimate of drug-likeness (QED) is 0.445. The molecule has 0 N–H and O–H groups in total. The second-order valence-electron chi connectivity index (χ2n) is 8.59. The van der Waals surface area contributed by atoms with E-state index < -0.39 is 21.9 Å². The van der Waals surface area contributed by atoms with Crippen LogP contribution in [-0.2, 0) is 25.0 Å². The van der Waals surface area contributed by atoms with Crippen LogP contribution in [0.5, 0.6) is 0 Å². The number of thiophene rings is 1. The number of nitrogens with zero attached hydrogens (tertiary/aromatic N) is 1. The molecule has 168 valence electrons. The summed E-state index contributed by atoms with van der Waals surface area (Å²) in [7, 11) is -3.62. The number of rotatable bonds is 6. The minimum absolute atomic E-state index is 0.0574. The second kappa shape index (κ2) is 9.40. The monoisotopic (exact) mass is 483 g/mol. The SMILES string of the molecule is CC(C)(C)c1ccc(S(=O)(=O)N2CCC(C(=O)OCC(=O)c3ccc(Cl)s3)CC2)cc1. The van der Waals surface area contributed by atoms with Crippen LogP contribution in [0.15, 0.2) is 41.3 Å². The maximum absolute atomic E-state index is 13.0. The number of esters is 1. The molecule has 0 atom stereocenters. The predicted molar refractivity (Wildman–Crippen MR) is 121 cm³/mol. The Morgan fingerprint density at radius 2 is 1.71 bits per heavy atom. The molecule has 1 aromatic carbocycles. The van der Waals surface area contributed by atoms with Gasteiger partial charge in [0.25, 0.3) is 0 Å². The lowest BCUT2D eigenvalue weighted by Gasteiger charge is -2.30. The molecule has 0 saturated carbocycles. The first-order valence-electron chi connectivity index (χ1n) is 10.0. The minimum Gasteiger partial charge on any atom is -0.457 e. The van der Waals surface area contributed by atoms with Crippen molar-refractivity contribution in [3.63, 3.8) is 0 Å². The molecule has 1 saturated heterocycles. The predicted octanol–water partition coefficient (Wildman–Crippen LogP) is 4.53. The summed E-state index contributed by atoms with van der Waals surface area (Å²) >= 11 is 6.95. The molecule has 9 heteroatoms. The van der Waals surface area contributed by atoms with E-state index in [1.165, 1.54) is 4.31 Å². The van der Waals surface area contributed by atoms with Gasteiger partial charge in [-0.15, -0.1) is 11.3 Å². The van der Waals surface area contributed by atoms with E-state index in [9.17, 15) is 18.0 Å². The normalized spacial score (nSPS) is 16.3. The molecule has 2 heterocycles. The molecule has 1 fully saturated rings. The van der Waals surface area contributed by atoms with E-state index in [-0.39, 0.29) is 35.8 Å². The second-order valence-corrected chi connectivity index (χ2v) is 12.2. The van der Waals surface area contributed by atoms with Crippen molar-refractivity contribution in [2.45, 2.75) is 43.9 Å². The maximum atomic E-state index is 13.0. The van der Waals surface area contributed by atoms with Gasteiger partial charge in [-0.3, -0.25) is 9.59 Å². The fourth-order valence-corrected chi connectivity index (χ4v) is 5.83. The van der Waals surface area contributed by atoms with Crippen molar-refractivity contribution < 1.29 is 22.7 Å². The van der Waals surface area contributed by atoms with Crippen molar-refractivity contribution >= 4 is 44.7 Å². The molecule has 1 aromatic heterocycles. The molecular weight excluding hydrogens is 458 g/mol. The summed E-state index contributed by atoms with van der Waals surface area (Å²) in [6.07, 6.45) is 0.717. The molecule has 0 spiro atoms. The number of sulfonamides is 1. The van der Waals surface area contributed by atoms with Crippen LogP contribution in [0.3, 0.4) is 0 Å². The van der Waals surface area contributed by atoms with Crippen molar-refractivity contribution in [1.29, 1.82) is 0 Å². The summed E-state index contributed by atoms with van der Waals surface area (Å²) in [5, 5.41) is 0. The summed E-state index contributed by atoms with van der Waals surface area (Å²) in [5.74, 6) is -1.19. The van der Waals surface area contributed by atoms with Crippen molar-refractivity contribution in [2.75, 3.05) is 19.7 Å². The first-order chi connectivity index (χ1) is 14.5. The fourth-order valence-electron chi connectivity index (χ4n) is 3.40. The standard InChI is InChI=1S/C22H26ClNO5S2/c1-22(2,3)16-4-6-17(7-5-16)31(27,28)24-12-10-15(11-13-24)21(26)29-14-18(25)19-8-9-20(23)30-19/h4-9,15H,10-14H2,1-3H3. The number of hydrogen-bond acceptors (Lipinski definition) is 6. The van der Waals surface area contributed by atoms with Gasteiger partial charge in [-0.2, -0.15) is 4.31 Å². The van der Waals surface area contributed by atoms with E-state index in [4.69, 9.17) is 16.3 Å². The van der Waals surface area contributed by atoms with Gasteiger partial charge in [0.1, 0.15) is 0 Å². The van der Waals surface area contributed by atoms with Crippen LogP contribution in [0, 0.1) is 5.92 Å². The Kier molecular flexibility index (Phi) is 7.25. The highest BCUT2D eigenvalue weighted by Crippen LogP contribution is 2.28. The Hall–Kier alpha value is -1.74. The minimum atomic E-state index is -3.62. The molecule has 3 rings (SSSR count). The number of benzene rings is 1. The van der Waals surface area contributed by atoms with Crippen molar-refractivity contribution in [2.24, 2.45) is 5.92 Å². The molecular formula is C22H26ClNO5S2. The Morgan fingerprint density at radius 1 is 1.10 bits per heavy atom. The number of carbonyl (C=O) groups is 2. The Balaban J connectivity index is 1.54. The number of ether oxygens (including phenoxy) is 1. The van der Waals surface area contributed by atoms with Gasteiger partial charge in [-0.1, -0.05) is 44.5 Å². The van der Waals surface area contributed by atoms with Gasteiger partial charge in [0, 0.05) is 13.1 Å². The van der Waals surface area contributed by atoms with E-state index in [1.54, 1.807) is 24.3 Å². The third kappa shape index (κ3) is 5.74. The number of Topliss-reactive ketones (excluding diaryl/α,β-unsaturated/α-hetero) is 1. The zero-order chi connectivity index (χ0) is 22.8. The number of halogens is 1. The lowest BCUT2D eigenvalue weighted by molar-refractivity contribution is -0.148. The van der Waals surface area contributed by atoms with Crippen LogP contribution < -0.4 is 0 Å². The lowest BCUT2D eigenvalue weighted by atomic mass is 9.87. The average Bonchev–Trinajstić information content (AvgIpc) is 3.17. The van der Waals surface area contributed by atoms with Gasteiger partial charge in [0.05, 0.1) is 20.0 Å². The average molecular weight is 484 g/mol. The van der Waals surface area contributed by atoms with Crippen molar-refractivity contribution in [3.05, 3.63) is 51.2 Å². The zero-order valence-electron chi connectivity index (χ0n) is 17.8. The first-order valence-corrected chi connectivity index (χ1v) is 12.7. The van der Waals surface area contributed by atoms with Crippen LogP contribution in [0.2, 0.25) is 4.34 Å². The third-order valence-electron chi connectivity index (χ3n) is 5.34. The van der Waals surface area contributed by atoms with Gasteiger partial charge >= 0.3 is 5.97 Å². The lowest BCUT2D eigenvalue weighted by Crippen LogP contribution is -2.40. The summed E-state index contributed by atoms with van der Waals surface area (Å²) < 4.78 is 33.0. The highest BCUT2D eigenvalue weighted by Gasteiger charge is 2.33. The van der Waals surface area contributed by atoms with Crippen molar-refractivity contribution in [3.8, 4) is 0 Å². The zero-order valence-corrected chi connectivity index (χ0v) is 20.1. The van der Waals surface area contributed by atoms with Gasteiger partial charge in [0.15, 0.2) is 6.61 Å². The molecule has 1 aliphatic heterocycles. The van der Waals surface area contributed by atoms with Crippen LogP contribution in [-0.4, -0.2) is 44.2 Å². The number of piperidine rings is 1. The molecule has 0 unspecified atom stereocenters. The molecule has 31 heavy (non-hydrogen) atoms. The summed E-state index contributed by atoms with van der Waals surface area (Å²) in [4.78, 5) is 25.1. The van der Waals surface area contributed by atoms with Gasteiger partial charge in [-0.25, -0.2) is 8.42 Å². The molecule has 2 aromatic rings. The van der Waals surface area contributed by atoms with Crippen LogP contribution >= 0.6 is 22.9 Å². The van der Waals surface area contributed by atoms with Crippen molar-refractivity contribution in [1.82, 2.24) is 4.31 Å². The van der Waals surface area contributed by atoms with Gasteiger partial charge in [-0.05, 0) is 48.1 Å². The molecule has 1 aliphatic rings. The van der Waals surface area contributed by atoms with E-state index >= 15 is 0 Å². The van der Waals surface area contributed by atoms with Crippen LogP contribution in [0.1, 0.15) is 48.8 Å². The third-order valence-corrected chi connectivity index (χ3v) is 8.52. The van der Waals surface area contributed by atoms with E-state index in [0.717, 1.165) is 16.9 Å². The molecule has 0 bridgehead atoms.